The third-order valence-corrected chi connectivity index (χ3v) is 8.50. The fraction of sp³-hybridized carbons (Fsp3) is 0.857. The Morgan fingerprint density at radius 3 is 2.64 bits per heavy atom. The van der Waals surface area contributed by atoms with Gasteiger partial charge in [0.15, 0.2) is 0 Å². The van der Waals surface area contributed by atoms with E-state index < -0.39 is 0 Å². The van der Waals surface area contributed by atoms with Crippen LogP contribution in [0, 0.1) is 34.5 Å². The Hall–Kier alpha value is -1.19. The van der Waals surface area contributed by atoms with Crippen molar-refractivity contribution in [1.29, 1.82) is 0 Å². The first-order valence-corrected chi connectivity index (χ1v) is 10.1. The molecule has 4 aliphatic rings. The Morgan fingerprint density at radius 1 is 1.08 bits per heavy atom. The molecule has 4 rings (SSSR count). The van der Waals surface area contributed by atoms with Gasteiger partial charge in [-0.1, -0.05) is 6.92 Å². The molecule has 0 bridgehead atoms. The molecule has 4 nitrogen and oxygen atoms in total. The van der Waals surface area contributed by atoms with Crippen molar-refractivity contribution in [3.63, 3.8) is 0 Å². The average Bonchev–Trinajstić information content (AvgIpc) is 2.90. The topological polar surface area (TPSA) is 63.2 Å². The zero-order valence-corrected chi connectivity index (χ0v) is 15.6. The van der Waals surface area contributed by atoms with Crippen molar-refractivity contribution in [2.75, 3.05) is 6.54 Å². The fourth-order valence-electron chi connectivity index (χ4n) is 7.21. The summed E-state index contributed by atoms with van der Waals surface area (Å²) in [5.41, 5.74) is 0.278. The summed E-state index contributed by atoms with van der Waals surface area (Å²) >= 11 is 0. The van der Waals surface area contributed by atoms with Gasteiger partial charge >= 0.3 is 0 Å². The summed E-state index contributed by atoms with van der Waals surface area (Å²) in [4.78, 5) is 35.8. The highest BCUT2D eigenvalue weighted by Gasteiger charge is 2.60. The standard InChI is InChI=1S/C21H31NO3/c1-13(23)22-12-21-8-6-18-17(19(21)10-16(25)11-21)4-3-14-9-15(24)5-7-20(14,18)2/h14,17-19H,3-12H2,1-2H3,(H,22,23)/t14-,17+,18-,19-,20-,21+/m0/s1. The maximum Gasteiger partial charge on any atom is 0.216 e. The van der Waals surface area contributed by atoms with Crippen LogP contribution in [0.5, 0.6) is 0 Å². The lowest BCUT2D eigenvalue weighted by Gasteiger charge is -2.60. The molecule has 0 aromatic carbocycles. The molecule has 4 saturated carbocycles. The lowest BCUT2D eigenvalue weighted by molar-refractivity contribution is -0.138. The zero-order valence-electron chi connectivity index (χ0n) is 15.6. The summed E-state index contributed by atoms with van der Waals surface area (Å²) in [5, 5.41) is 3.03. The zero-order chi connectivity index (χ0) is 17.8. The summed E-state index contributed by atoms with van der Waals surface area (Å²) < 4.78 is 0. The summed E-state index contributed by atoms with van der Waals surface area (Å²) in [6.07, 6.45) is 8.45. The van der Waals surface area contributed by atoms with Gasteiger partial charge in [0.2, 0.25) is 5.91 Å². The molecule has 1 amide bonds. The van der Waals surface area contributed by atoms with Crippen molar-refractivity contribution >= 4 is 17.5 Å². The first-order chi connectivity index (χ1) is 11.8. The number of carbonyl (C=O) groups excluding carboxylic acids is 3. The monoisotopic (exact) mass is 345 g/mol. The van der Waals surface area contributed by atoms with Crippen LogP contribution in [0.4, 0.5) is 0 Å². The van der Waals surface area contributed by atoms with Crippen LogP contribution >= 0.6 is 0 Å². The number of Topliss-reactive ketones (excluding diaryl/α,β-unsaturated/α-hetero) is 2. The minimum atomic E-state index is -0.00238. The van der Waals surface area contributed by atoms with Gasteiger partial charge in [0.25, 0.3) is 0 Å². The van der Waals surface area contributed by atoms with E-state index in [2.05, 4.69) is 12.2 Å². The van der Waals surface area contributed by atoms with Gasteiger partial charge in [-0.3, -0.25) is 14.4 Å². The first-order valence-electron chi connectivity index (χ1n) is 10.1. The number of hydrogen-bond donors (Lipinski definition) is 1. The van der Waals surface area contributed by atoms with Gasteiger partial charge in [-0.2, -0.15) is 0 Å². The second kappa shape index (κ2) is 5.92. The smallest absolute Gasteiger partial charge is 0.216 e. The predicted octanol–water partition coefficient (Wildman–Crippen LogP) is 3.28. The Balaban J connectivity index is 1.60. The van der Waals surface area contributed by atoms with Crippen LogP contribution in [0.2, 0.25) is 0 Å². The van der Waals surface area contributed by atoms with Crippen LogP contribution in [0.1, 0.15) is 71.6 Å². The molecule has 0 heterocycles. The molecular weight excluding hydrogens is 314 g/mol. The van der Waals surface area contributed by atoms with E-state index in [0.29, 0.717) is 54.6 Å². The third-order valence-electron chi connectivity index (χ3n) is 8.50. The molecule has 0 unspecified atom stereocenters. The van der Waals surface area contributed by atoms with Crippen LogP contribution in [0.3, 0.4) is 0 Å². The fourth-order valence-corrected chi connectivity index (χ4v) is 7.21. The maximum atomic E-state index is 12.4. The Morgan fingerprint density at radius 2 is 1.88 bits per heavy atom. The average molecular weight is 345 g/mol. The highest BCUT2D eigenvalue weighted by Crippen LogP contribution is 2.65. The molecule has 138 valence electrons. The SMILES string of the molecule is CC(=O)NC[C@]12CC[C@H]3[C@@H](CC[C@H]4CC(=O)CC[C@@]43C)[C@@H]1CC(=O)C2. The largest absolute Gasteiger partial charge is 0.356 e. The molecule has 0 radical (unpaired) electrons. The van der Waals surface area contributed by atoms with Gasteiger partial charge in [0.1, 0.15) is 11.6 Å². The quantitative estimate of drug-likeness (QED) is 0.835. The number of nitrogens with one attached hydrogen (secondary N) is 1. The number of rotatable bonds is 2. The van der Waals surface area contributed by atoms with E-state index in [-0.39, 0.29) is 16.7 Å². The summed E-state index contributed by atoms with van der Waals surface area (Å²) in [7, 11) is 0. The van der Waals surface area contributed by atoms with Gasteiger partial charge < -0.3 is 5.32 Å². The van der Waals surface area contributed by atoms with Crippen LogP contribution in [-0.4, -0.2) is 24.0 Å². The van der Waals surface area contributed by atoms with Crippen LogP contribution in [0.15, 0.2) is 0 Å². The van der Waals surface area contributed by atoms with Crippen molar-refractivity contribution in [2.45, 2.75) is 71.6 Å². The first kappa shape index (κ1) is 17.2. The molecule has 0 aromatic heterocycles. The van der Waals surface area contributed by atoms with Crippen LogP contribution in [0.25, 0.3) is 0 Å². The number of hydrogen-bond acceptors (Lipinski definition) is 3. The molecule has 0 saturated heterocycles. The molecule has 0 aliphatic heterocycles. The number of carbonyl (C=O) groups is 3. The molecule has 0 aromatic rings. The highest BCUT2D eigenvalue weighted by molar-refractivity contribution is 5.82. The molecular formula is C21H31NO3. The second-order valence-corrected chi connectivity index (χ2v) is 9.63. The predicted molar refractivity (Wildman–Crippen MR) is 94.8 cm³/mol. The molecule has 6 atom stereocenters. The van der Waals surface area contributed by atoms with E-state index in [1.165, 1.54) is 0 Å². The number of fused-ring (bicyclic) bond motifs is 5. The van der Waals surface area contributed by atoms with Gasteiger partial charge in [0.05, 0.1) is 0 Å². The van der Waals surface area contributed by atoms with Crippen LogP contribution < -0.4 is 5.32 Å². The van der Waals surface area contributed by atoms with E-state index in [1.54, 1.807) is 6.92 Å². The summed E-state index contributed by atoms with van der Waals surface area (Å²) in [6, 6.07) is 0. The number of amides is 1. The van der Waals surface area contributed by atoms with Crippen molar-refractivity contribution in [2.24, 2.45) is 34.5 Å². The second-order valence-electron chi connectivity index (χ2n) is 9.63. The lowest BCUT2D eigenvalue weighted by Crippen LogP contribution is -2.55. The Bertz CT molecular complexity index is 614. The molecule has 4 fully saturated rings. The highest BCUT2D eigenvalue weighted by atomic mass is 16.1. The molecule has 25 heavy (non-hydrogen) atoms. The Kier molecular flexibility index (Phi) is 4.08. The summed E-state index contributed by atoms with van der Waals surface area (Å²) in [5.74, 6) is 3.09. The normalized spacial score (nSPS) is 46.2. The Labute approximate surface area is 150 Å². The minimum absolute atomic E-state index is 0.00238. The van der Waals surface area contributed by atoms with E-state index in [4.69, 9.17) is 0 Å². The molecule has 4 heteroatoms. The van der Waals surface area contributed by atoms with Gasteiger partial charge in [-0.15, -0.1) is 0 Å². The van der Waals surface area contributed by atoms with Crippen LogP contribution in [-0.2, 0) is 14.4 Å². The van der Waals surface area contributed by atoms with Crippen molar-refractivity contribution < 1.29 is 14.4 Å². The third kappa shape index (κ3) is 2.67. The van der Waals surface area contributed by atoms with Gasteiger partial charge in [0, 0.05) is 39.2 Å². The number of ketones is 2. The van der Waals surface area contributed by atoms with Gasteiger partial charge in [-0.25, -0.2) is 0 Å². The van der Waals surface area contributed by atoms with E-state index >= 15 is 0 Å². The van der Waals surface area contributed by atoms with E-state index in [1.807, 2.05) is 0 Å². The van der Waals surface area contributed by atoms with Gasteiger partial charge in [-0.05, 0) is 66.6 Å². The molecule has 0 spiro atoms. The maximum absolute atomic E-state index is 12.4. The van der Waals surface area contributed by atoms with E-state index in [0.717, 1.165) is 44.9 Å². The van der Waals surface area contributed by atoms with E-state index in [9.17, 15) is 14.4 Å². The summed E-state index contributed by atoms with van der Waals surface area (Å²) in [6.45, 7) is 4.67. The lowest BCUT2D eigenvalue weighted by atomic mass is 9.45. The molecule has 1 N–H and O–H groups in total. The minimum Gasteiger partial charge on any atom is -0.356 e. The molecule has 4 aliphatic carbocycles. The van der Waals surface area contributed by atoms with Crippen molar-refractivity contribution in [3.05, 3.63) is 0 Å². The van der Waals surface area contributed by atoms with Crippen molar-refractivity contribution in [1.82, 2.24) is 5.32 Å². The van der Waals surface area contributed by atoms with Crippen molar-refractivity contribution in [3.8, 4) is 0 Å².